The number of rotatable bonds is 3. The monoisotopic (exact) mass is 356 g/mol. The highest BCUT2D eigenvalue weighted by Gasteiger charge is 2.23. The molecule has 0 saturated carbocycles. The molecule has 0 atom stereocenters. The Bertz CT molecular complexity index is 772. The zero-order valence-electron chi connectivity index (χ0n) is 15.5. The Balaban J connectivity index is 1.56. The maximum absolute atomic E-state index is 12.6. The average Bonchev–Trinajstić information content (AvgIpc) is 2.85. The van der Waals surface area contributed by atoms with Crippen LogP contribution in [0.4, 0.5) is 11.6 Å². The number of nitrogens with one attached hydrogen (secondary N) is 2. The lowest BCUT2D eigenvalue weighted by molar-refractivity contribution is -0.120. The van der Waals surface area contributed by atoms with Crippen molar-refractivity contribution in [3.8, 4) is 0 Å². The molecule has 4 rings (SSSR count). The molecule has 140 valence electrons. The summed E-state index contributed by atoms with van der Waals surface area (Å²) in [6.45, 7) is 3.94. The van der Waals surface area contributed by atoms with E-state index in [4.69, 9.17) is 4.98 Å². The van der Waals surface area contributed by atoms with Gasteiger partial charge in [0.25, 0.3) is 0 Å². The van der Waals surface area contributed by atoms with Crippen LogP contribution in [0.3, 0.4) is 0 Å². The van der Waals surface area contributed by atoms with E-state index in [1.54, 1.807) is 4.68 Å². The Labute approximate surface area is 154 Å². The molecule has 4 heterocycles. The molecule has 2 N–H and O–H groups in total. The zero-order valence-corrected chi connectivity index (χ0v) is 15.5. The van der Waals surface area contributed by atoms with Gasteiger partial charge >= 0.3 is 0 Å². The van der Waals surface area contributed by atoms with Gasteiger partial charge in [0.2, 0.25) is 5.91 Å². The molecular formula is C19H28N6O. The van der Waals surface area contributed by atoms with Gasteiger partial charge in [-0.25, -0.2) is 9.67 Å². The SMILES string of the molecule is Cn1nc(NC(=O)C2CCNCC2)c2ccc(N3CCCCCC3)nc21. The van der Waals surface area contributed by atoms with Gasteiger partial charge in [0.15, 0.2) is 11.5 Å². The number of pyridine rings is 1. The first-order chi connectivity index (χ1) is 12.7. The molecule has 0 unspecified atom stereocenters. The molecule has 0 aliphatic carbocycles. The summed E-state index contributed by atoms with van der Waals surface area (Å²) in [6, 6.07) is 4.11. The van der Waals surface area contributed by atoms with Crippen LogP contribution in [-0.2, 0) is 11.8 Å². The number of hydrogen-bond acceptors (Lipinski definition) is 5. The van der Waals surface area contributed by atoms with Crippen LogP contribution in [0.2, 0.25) is 0 Å². The average molecular weight is 356 g/mol. The van der Waals surface area contributed by atoms with Gasteiger partial charge in [-0.3, -0.25) is 4.79 Å². The summed E-state index contributed by atoms with van der Waals surface area (Å²) in [5, 5.41) is 11.8. The summed E-state index contributed by atoms with van der Waals surface area (Å²) in [6.07, 6.45) is 6.82. The highest BCUT2D eigenvalue weighted by Crippen LogP contribution is 2.26. The van der Waals surface area contributed by atoms with Crippen molar-refractivity contribution in [1.29, 1.82) is 0 Å². The van der Waals surface area contributed by atoms with E-state index in [1.165, 1.54) is 25.7 Å². The third-order valence-corrected chi connectivity index (χ3v) is 5.55. The van der Waals surface area contributed by atoms with Gasteiger partial charge in [0.05, 0.1) is 5.39 Å². The summed E-state index contributed by atoms with van der Waals surface area (Å²) < 4.78 is 1.77. The van der Waals surface area contributed by atoms with Crippen molar-refractivity contribution in [2.24, 2.45) is 13.0 Å². The second-order valence-electron chi connectivity index (χ2n) is 7.43. The lowest BCUT2D eigenvalue weighted by Gasteiger charge is -2.21. The lowest BCUT2D eigenvalue weighted by atomic mass is 9.97. The van der Waals surface area contributed by atoms with Crippen LogP contribution in [-0.4, -0.2) is 46.9 Å². The van der Waals surface area contributed by atoms with Gasteiger partial charge in [0, 0.05) is 26.1 Å². The van der Waals surface area contributed by atoms with Crippen molar-refractivity contribution >= 4 is 28.6 Å². The van der Waals surface area contributed by atoms with Crippen molar-refractivity contribution in [2.45, 2.75) is 38.5 Å². The summed E-state index contributed by atoms with van der Waals surface area (Å²) in [5.41, 5.74) is 0.826. The number of hydrogen-bond donors (Lipinski definition) is 2. The fraction of sp³-hybridized carbons (Fsp3) is 0.632. The predicted octanol–water partition coefficient (Wildman–Crippen LogP) is 2.29. The summed E-state index contributed by atoms with van der Waals surface area (Å²) in [4.78, 5) is 19.8. The first kappa shape index (κ1) is 17.3. The molecule has 0 bridgehead atoms. The number of carbonyl (C=O) groups is 1. The van der Waals surface area contributed by atoms with Crippen molar-refractivity contribution in [2.75, 3.05) is 36.4 Å². The molecule has 2 fully saturated rings. The van der Waals surface area contributed by atoms with Crippen LogP contribution in [0.5, 0.6) is 0 Å². The van der Waals surface area contributed by atoms with Crippen LogP contribution in [0.15, 0.2) is 12.1 Å². The number of anilines is 2. The number of piperidine rings is 1. The van der Waals surface area contributed by atoms with Gasteiger partial charge in [-0.05, 0) is 50.9 Å². The summed E-state index contributed by atoms with van der Waals surface area (Å²) in [5.74, 6) is 1.78. The maximum atomic E-state index is 12.6. The van der Waals surface area contributed by atoms with Gasteiger partial charge in [-0.15, -0.1) is 0 Å². The molecular weight excluding hydrogens is 328 g/mol. The minimum Gasteiger partial charge on any atom is -0.357 e. The number of amides is 1. The largest absolute Gasteiger partial charge is 0.357 e. The fourth-order valence-corrected chi connectivity index (χ4v) is 3.99. The quantitative estimate of drug-likeness (QED) is 0.883. The van der Waals surface area contributed by atoms with Gasteiger partial charge in [-0.2, -0.15) is 5.10 Å². The van der Waals surface area contributed by atoms with E-state index >= 15 is 0 Å². The molecule has 2 aromatic heterocycles. The van der Waals surface area contributed by atoms with Crippen molar-refractivity contribution in [3.05, 3.63) is 12.1 Å². The molecule has 7 heteroatoms. The van der Waals surface area contributed by atoms with E-state index in [2.05, 4.69) is 26.7 Å². The number of aryl methyl sites for hydroxylation is 1. The maximum Gasteiger partial charge on any atom is 0.228 e. The van der Waals surface area contributed by atoms with Crippen LogP contribution in [0, 0.1) is 5.92 Å². The van der Waals surface area contributed by atoms with Crippen LogP contribution < -0.4 is 15.5 Å². The fourth-order valence-electron chi connectivity index (χ4n) is 3.99. The molecule has 26 heavy (non-hydrogen) atoms. The Hall–Kier alpha value is -2.15. The molecule has 0 radical (unpaired) electrons. The molecule has 2 saturated heterocycles. The number of fused-ring (bicyclic) bond motifs is 1. The van der Waals surface area contributed by atoms with Crippen molar-refractivity contribution in [1.82, 2.24) is 20.1 Å². The van der Waals surface area contributed by atoms with E-state index in [9.17, 15) is 4.79 Å². The minimum atomic E-state index is 0.0673. The van der Waals surface area contributed by atoms with Crippen LogP contribution >= 0.6 is 0 Å². The van der Waals surface area contributed by atoms with Crippen molar-refractivity contribution in [3.63, 3.8) is 0 Å². The third-order valence-electron chi connectivity index (χ3n) is 5.55. The minimum absolute atomic E-state index is 0.0673. The summed E-state index contributed by atoms with van der Waals surface area (Å²) >= 11 is 0. The van der Waals surface area contributed by atoms with E-state index < -0.39 is 0 Å². The summed E-state index contributed by atoms with van der Waals surface area (Å²) in [7, 11) is 1.89. The van der Waals surface area contributed by atoms with E-state index in [1.807, 2.05) is 13.1 Å². The first-order valence-corrected chi connectivity index (χ1v) is 9.82. The molecule has 2 aliphatic rings. The standard InChI is InChI=1S/C19H28N6O/c1-24-18-15(6-7-16(21-18)25-12-4-2-3-5-13-25)17(23-24)22-19(26)14-8-10-20-11-9-14/h6-7,14,20H,2-5,8-13H2,1H3,(H,22,23,26). The van der Waals surface area contributed by atoms with E-state index in [0.29, 0.717) is 5.82 Å². The topological polar surface area (TPSA) is 75.1 Å². The van der Waals surface area contributed by atoms with Crippen LogP contribution in [0.25, 0.3) is 11.0 Å². The molecule has 1 amide bonds. The lowest BCUT2D eigenvalue weighted by Crippen LogP contribution is -2.34. The number of nitrogens with zero attached hydrogens (tertiary/aromatic N) is 4. The molecule has 2 aromatic rings. The van der Waals surface area contributed by atoms with E-state index in [0.717, 1.165) is 55.9 Å². The van der Waals surface area contributed by atoms with Gasteiger partial charge in [0.1, 0.15) is 5.82 Å². The molecule has 0 spiro atoms. The third kappa shape index (κ3) is 3.53. The highest BCUT2D eigenvalue weighted by atomic mass is 16.2. The second-order valence-corrected chi connectivity index (χ2v) is 7.43. The number of aromatic nitrogens is 3. The van der Waals surface area contributed by atoms with Gasteiger partial charge < -0.3 is 15.5 Å². The number of carbonyl (C=O) groups excluding carboxylic acids is 1. The normalized spacial score (nSPS) is 19.5. The second kappa shape index (κ2) is 7.61. The predicted molar refractivity (Wildman–Crippen MR) is 103 cm³/mol. The van der Waals surface area contributed by atoms with Crippen LogP contribution in [0.1, 0.15) is 38.5 Å². The first-order valence-electron chi connectivity index (χ1n) is 9.82. The van der Waals surface area contributed by atoms with E-state index in [-0.39, 0.29) is 11.8 Å². The zero-order chi connectivity index (χ0) is 17.9. The molecule has 2 aliphatic heterocycles. The van der Waals surface area contributed by atoms with Gasteiger partial charge in [-0.1, -0.05) is 12.8 Å². The Morgan fingerprint density at radius 1 is 1.15 bits per heavy atom. The Morgan fingerprint density at radius 3 is 2.62 bits per heavy atom. The molecule has 7 nitrogen and oxygen atoms in total. The van der Waals surface area contributed by atoms with Crippen molar-refractivity contribution < 1.29 is 4.79 Å². The smallest absolute Gasteiger partial charge is 0.228 e. The Kier molecular flexibility index (Phi) is 5.06. The Morgan fingerprint density at radius 2 is 1.88 bits per heavy atom. The highest BCUT2D eigenvalue weighted by molar-refractivity contribution is 6.00. The molecule has 0 aromatic carbocycles.